The second kappa shape index (κ2) is 11.0. The quantitative estimate of drug-likeness (QED) is 0.519. The number of hydrogen-bond donors (Lipinski definition) is 1. The van der Waals surface area contributed by atoms with Crippen molar-refractivity contribution >= 4 is 5.96 Å². The molecule has 6 nitrogen and oxygen atoms in total. The van der Waals surface area contributed by atoms with Gasteiger partial charge in [0.15, 0.2) is 5.96 Å². The molecule has 1 unspecified atom stereocenters. The standard InChI is InChI=1S/C24H37N3O3/c1-25-24(26-16-20-6-2-3-8-23(20)30-17-19-9-10-19)27-13-11-21(12-14-27)29-18-22-7-4-5-15-28-22/h2-3,6,8,19,21-22H,4-5,7,9-18H2,1H3,(H,25,26). The Hall–Kier alpha value is -1.79. The fourth-order valence-electron chi connectivity index (χ4n) is 4.21. The number of rotatable bonds is 8. The van der Waals surface area contributed by atoms with Gasteiger partial charge in [-0.2, -0.15) is 0 Å². The molecule has 6 heteroatoms. The number of aliphatic imine (C=N–C) groups is 1. The predicted molar refractivity (Wildman–Crippen MR) is 119 cm³/mol. The first-order valence-electron chi connectivity index (χ1n) is 11.7. The fourth-order valence-corrected chi connectivity index (χ4v) is 4.21. The average molecular weight is 416 g/mol. The maximum Gasteiger partial charge on any atom is 0.193 e. The highest BCUT2D eigenvalue weighted by molar-refractivity contribution is 5.80. The Morgan fingerprint density at radius 2 is 1.93 bits per heavy atom. The fraction of sp³-hybridized carbons (Fsp3) is 0.708. The van der Waals surface area contributed by atoms with Crippen molar-refractivity contribution in [2.24, 2.45) is 10.9 Å². The van der Waals surface area contributed by atoms with Crippen molar-refractivity contribution in [1.29, 1.82) is 0 Å². The maximum atomic E-state index is 6.15. The third-order valence-corrected chi connectivity index (χ3v) is 6.33. The lowest BCUT2D eigenvalue weighted by Gasteiger charge is -2.35. The summed E-state index contributed by atoms with van der Waals surface area (Å²) in [5, 5.41) is 3.53. The molecule has 2 heterocycles. The van der Waals surface area contributed by atoms with Gasteiger partial charge in [0.25, 0.3) is 0 Å². The van der Waals surface area contributed by atoms with Gasteiger partial charge in [0, 0.05) is 38.9 Å². The van der Waals surface area contributed by atoms with Crippen molar-refractivity contribution in [3.8, 4) is 5.75 Å². The normalized spacial score (nSPS) is 23.4. The SMILES string of the molecule is CN=C(NCc1ccccc1OCC1CC1)N1CCC(OCC2CCCCO2)CC1. The number of benzene rings is 1. The van der Waals surface area contributed by atoms with Crippen LogP contribution in [-0.4, -0.2) is 63.0 Å². The first kappa shape index (κ1) is 21.4. The lowest BCUT2D eigenvalue weighted by Crippen LogP contribution is -2.47. The van der Waals surface area contributed by atoms with E-state index >= 15 is 0 Å². The van der Waals surface area contributed by atoms with Crippen LogP contribution >= 0.6 is 0 Å². The minimum Gasteiger partial charge on any atom is -0.493 e. The molecule has 2 saturated heterocycles. The summed E-state index contributed by atoms with van der Waals surface area (Å²) in [5.41, 5.74) is 1.19. The zero-order valence-corrected chi connectivity index (χ0v) is 18.4. The molecular weight excluding hydrogens is 378 g/mol. The summed E-state index contributed by atoms with van der Waals surface area (Å²) in [6.07, 6.45) is 8.92. The predicted octanol–water partition coefficient (Wildman–Crippen LogP) is 3.60. The van der Waals surface area contributed by atoms with Crippen molar-refractivity contribution in [1.82, 2.24) is 10.2 Å². The molecule has 1 atom stereocenters. The molecule has 0 amide bonds. The Bertz CT molecular complexity index is 678. The summed E-state index contributed by atoms with van der Waals surface area (Å²) in [6.45, 7) is 5.14. The number of hydrogen-bond acceptors (Lipinski definition) is 4. The molecular formula is C24H37N3O3. The van der Waals surface area contributed by atoms with Crippen LogP contribution in [0.3, 0.4) is 0 Å². The molecule has 0 bridgehead atoms. The minimum absolute atomic E-state index is 0.299. The summed E-state index contributed by atoms with van der Waals surface area (Å²) in [5.74, 6) is 2.71. The molecule has 1 aliphatic carbocycles. The van der Waals surface area contributed by atoms with Gasteiger partial charge < -0.3 is 24.4 Å². The molecule has 166 valence electrons. The molecule has 1 aromatic carbocycles. The smallest absolute Gasteiger partial charge is 0.193 e. The topological polar surface area (TPSA) is 55.3 Å². The molecule has 0 aromatic heterocycles. The summed E-state index contributed by atoms with van der Waals surface area (Å²) < 4.78 is 18.0. The van der Waals surface area contributed by atoms with E-state index in [4.69, 9.17) is 14.2 Å². The molecule has 0 radical (unpaired) electrons. The largest absolute Gasteiger partial charge is 0.493 e. The Balaban J connectivity index is 1.20. The number of likely N-dealkylation sites (tertiary alicyclic amines) is 1. The van der Waals surface area contributed by atoms with E-state index in [1.165, 1.54) is 31.2 Å². The van der Waals surface area contributed by atoms with Crippen molar-refractivity contribution in [2.75, 3.05) is 40.0 Å². The number of para-hydroxylation sites is 1. The van der Waals surface area contributed by atoms with Gasteiger partial charge in [-0.1, -0.05) is 18.2 Å². The van der Waals surface area contributed by atoms with E-state index in [1.54, 1.807) is 0 Å². The van der Waals surface area contributed by atoms with Gasteiger partial charge in [-0.15, -0.1) is 0 Å². The van der Waals surface area contributed by atoms with Crippen LogP contribution in [0.1, 0.15) is 50.5 Å². The van der Waals surface area contributed by atoms with E-state index in [-0.39, 0.29) is 0 Å². The molecule has 0 spiro atoms. The van der Waals surface area contributed by atoms with Crippen LogP contribution in [0.4, 0.5) is 0 Å². The van der Waals surface area contributed by atoms with Crippen LogP contribution in [0.15, 0.2) is 29.3 Å². The molecule has 1 saturated carbocycles. The molecule has 2 aliphatic heterocycles. The number of nitrogens with one attached hydrogen (secondary N) is 1. The van der Waals surface area contributed by atoms with E-state index in [2.05, 4.69) is 33.4 Å². The first-order valence-corrected chi connectivity index (χ1v) is 11.7. The Kier molecular flexibility index (Phi) is 7.87. The van der Waals surface area contributed by atoms with Crippen molar-refractivity contribution in [3.63, 3.8) is 0 Å². The lowest BCUT2D eigenvalue weighted by atomic mass is 10.1. The van der Waals surface area contributed by atoms with E-state index in [0.717, 1.165) is 76.3 Å². The van der Waals surface area contributed by atoms with Gasteiger partial charge in [-0.25, -0.2) is 0 Å². The van der Waals surface area contributed by atoms with E-state index < -0.39 is 0 Å². The number of guanidine groups is 1. The first-order chi connectivity index (χ1) is 14.8. The highest BCUT2D eigenvalue weighted by Crippen LogP contribution is 2.30. The van der Waals surface area contributed by atoms with Crippen molar-refractivity contribution < 1.29 is 14.2 Å². The third-order valence-electron chi connectivity index (χ3n) is 6.33. The third kappa shape index (κ3) is 6.35. The van der Waals surface area contributed by atoms with Crippen LogP contribution in [0.25, 0.3) is 0 Å². The monoisotopic (exact) mass is 415 g/mol. The summed E-state index contributed by atoms with van der Waals surface area (Å²) >= 11 is 0. The summed E-state index contributed by atoms with van der Waals surface area (Å²) in [6, 6.07) is 8.32. The van der Waals surface area contributed by atoms with Gasteiger partial charge in [0.05, 0.1) is 25.4 Å². The highest BCUT2D eigenvalue weighted by atomic mass is 16.5. The zero-order valence-electron chi connectivity index (χ0n) is 18.4. The number of piperidine rings is 1. The Morgan fingerprint density at radius 1 is 1.10 bits per heavy atom. The van der Waals surface area contributed by atoms with Gasteiger partial charge in [-0.3, -0.25) is 4.99 Å². The molecule has 1 N–H and O–H groups in total. The summed E-state index contributed by atoms with van der Waals surface area (Å²) in [4.78, 5) is 6.85. The molecule has 3 fully saturated rings. The molecule has 4 rings (SSSR count). The Morgan fingerprint density at radius 3 is 2.67 bits per heavy atom. The molecule has 30 heavy (non-hydrogen) atoms. The maximum absolute atomic E-state index is 6.15. The van der Waals surface area contributed by atoms with Crippen LogP contribution in [0.2, 0.25) is 0 Å². The van der Waals surface area contributed by atoms with E-state index in [9.17, 15) is 0 Å². The Labute approximate surface area is 181 Å². The summed E-state index contributed by atoms with van der Waals surface area (Å²) in [7, 11) is 1.86. The number of nitrogens with zero attached hydrogens (tertiary/aromatic N) is 2. The number of ether oxygens (including phenoxy) is 3. The second-order valence-corrected chi connectivity index (χ2v) is 8.77. The van der Waals surface area contributed by atoms with Crippen LogP contribution in [-0.2, 0) is 16.0 Å². The minimum atomic E-state index is 0.299. The van der Waals surface area contributed by atoms with Crippen molar-refractivity contribution in [3.05, 3.63) is 29.8 Å². The average Bonchev–Trinajstić information content (AvgIpc) is 3.63. The second-order valence-electron chi connectivity index (χ2n) is 8.77. The van der Waals surface area contributed by atoms with Gasteiger partial charge in [-0.05, 0) is 56.9 Å². The molecule has 1 aromatic rings. The highest BCUT2D eigenvalue weighted by Gasteiger charge is 2.24. The van der Waals surface area contributed by atoms with Gasteiger partial charge in [0.1, 0.15) is 5.75 Å². The van der Waals surface area contributed by atoms with E-state index in [0.29, 0.717) is 12.2 Å². The lowest BCUT2D eigenvalue weighted by molar-refractivity contribution is -0.0721. The zero-order chi connectivity index (χ0) is 20.6. The van der Waals surface area contributed by atoms with Crippen molar-refractivity contribution in [2.45, 2.75) is 63.7 Å². The van der Waals surface area contributed by atoms with Crippen LogP contribution in [0.5, 0.6) is 5.75 Å². The van der Waals surface area contributed by atoms with Crippen LogP contribution < -0.4 is 10.1 Å². The van der Waals surface area contributed by atoms with E-state index in [1.807, 2.05) is 13.1 Å². The van der Waals surface area contributed by atoms with Gasteiger partial charge >= 0.3 is 0 Å². The van der Waals surface area contributed by atoms with Gasteiger partial charge in [0.2, 0.25) is 0 Å². The van der Waals surface area contributed by atoms with Crippen LogP contribution in [0, 0.1) is 5.92 Å². The molecule has 3 aliphatic rings.